The minimum Gasteiger partial charge on any atom is -0.496 e. The molecular weight excluding hydrogens is 282 g/mol. The number of nitrogens with zero attached hydrogens (tertiary/aromatic N) is 1. The van der Waals surface area contributed by atoms with Crippen molar-refractivity contribution in [2.75, 3.05) is 32.3 Å². The molecule has 1 heterocycles. The van der Waals surface area contributed by atoms with Crippen molar-refractivity contribution in [2.45, 2.75) is 25.4 Å². The third kappa shape index (κ3) is 4.67. The van der Waals surface area contributed by atoms with E-state index in [-0.39, 0.29) is 6.61 Å². The summed E-state index contributed by atoms with van der Waals surface area (Å²) in [5, 5.41) is 8.79. The van der Waals surface area contributed by atoms with Gasteiger partial charge in [-0.1, -0.05) is 11.8 Å². The van der Waals surface area contributed by atoms with E-state index in [4.69, 9.17) is 9.84 Å². The third-order valence-electron chi connectivity index (χ3n) is 3.70. The van der Waals surface area contributed by atoms with Crippen molar-refractivity contribution in [3.8, 4) is 17.6 Å². The van der Waals surface area contributed by atoms with Gasteiger partial charge in [-0.2, -0.15) is 11.8 Å². The van der Waals surface area contributed by atoms with Crippen molar-refractivity contribution < 1.29 is 9.84 Å². The molecule has 0 saturated carbocycles. The van der Waals surface area contributed by atoms with E-state index < -0.39 is 0 Å². The van der Waals surface area contributed by atoms with E-state index >= 15 is 0 Å². The van der Waals surface area contributed by atoms with E-state index in [1.165, 1.54) is 23.5 Å². The molecule has 1 atom stereocenters. The highest BCUT2D eigenvalue weighted by Crippen LogP contribution is 2.26. The van der Waals surface area contributed by atoms with Gasteiger partial charge in [-0.05, 0) is 37.4 Å². The first kappa shape index (κ1) is 16.2. The van der Waals surface area contributed by atoms with Crippen LogP contribution in [-0.2, 0) is 6.54 Å². The van der Waals surface area contributed by atoms with Crippen LogP contribution in [0.15, 0.2) is 18.2 Å². The first-order valence-corrected chi connectivity index (χ1v) is 8.44. The molecule has 0 aliphatic carbocycles. The number of hydrogen-bond acceptors (Lipinski definition) is 4. The largest absolute Gasteiger partial charge is 0.496 e. The van der Waals surface area contributed by atoms with Crippen molar-refractivity contribution in [2.24, 2.45) is 0 Å². The van der Waals surface area contributed by atoms with Crippen molar-refractivity contribution in [3.05, 3.63) is 29.3 Å². The zero-order valence-electron chi connectivity index (χ0n) is 12.8. The van der Waals surface area contributed by atoms with Crippen LogP contribution >= 0.6 is 11.8 Å². The lowest BCUT2D eigenvalue weighted by Gasteiger charge is -2.24. The van der Waals surface area contributed by atoms with Gasteiger partial charge in [0.1, 0.15) is 5.75 Å². The summed E-state index contributed by atoms with van der Waals surface area (Å²) in [4.78, 5) is 2.41. The molecule has 1 aromatic carbocycles. The second-order valence-electron chi connectivity index (χ2n) is 5.23. The number of ether oxygens (including phenoxy) is 1. The number of methoxy groups -OCH3 is 1. The number of thioether (sulfide) groups is 1. The Morgan fingerprint density at radius 3 is 3.00 bits per heavy atom. The second kappa shape index (κ2) is 8.33. The lowest BCUT2D eigenvalue weighted by molar-refractivity contribution is 0.250. The van der Waals surface area contributed by atoms with Crippen LogP contribution < -0.4 is 4.74 Å². The van der Waals surface area contributed by atoms with Crippen LogP contribution in [0, 0.1) is 11.8 Å². The maximum Gasteiger partial charge on any atom is 0.123 e. The summed E-state index contributed by atoms with van der Waals surface area (Å²) in [5.41, 5.74) is 2.15. The fourth-order valence-corrected chi connectivity index (χ4v) is 3.77. The molecule has 1 N–H and O–H groups in total. The van der Waals surface area contributed by atoms with Gasteiger partial charge in [-0.25, -0.2) is 0 Å². The molecule has 0 bridgehead atoms. The molecule has 1 aromatic rings. The fourth-order valence-electron chi connectivity index (χ4n) is 2.47. The summed E-state index contributed by atoms with van der Waals surface area (Å²) in [6.07, 6.45) is 1.78. The van der Waals surface area contributed by atoms with Crippen molar-refractivity contribution >= 4 is 11.8 Å². The molecule has 1 unspecified atom stereocenters. The van der Waals surface area contributed by atoms with E-state index in [0.717, 1.165) is 17.9 Å². The number of benzene rings is 1. The highest BCUT2D eigenvalue weighted by molar-refractivity contribution is 7.99. The van der Waals surface area contributed by atoms with Gasteiger partial charge in [0.25, 0.3) is 0 Å². The number of rotatable bonds is 5. The summed E-state index contributed by atoms with van der Waals surface area (Å²) >= 11 is 2.03. The number of aliphatic hydroxyl groups is 1. The van der Waals surface area contributed by atoms with Crippen LogP contribution in [0.5, 0.6) is 5.75 Å². The van der Waals surface area contributed by atoms with E-state index in [2.05, 4.69) is 29.9 Å². The first-order chi connectivity index (χ1) is 10.2. The van der Waals surface area contributed by atoms with Crippen molar-refractivity contribution in [3.63, 3.8) is 0 Å². The lowest BCUT2D eigenvalue weighted by Crippen LogP contribution is -2.31. The van der Waals surface area contributed by atoms with Gasteiger partial charge in [0.15, 0.2) is 0 Å². The summed E-state index contributed by atoms with van der Waals surface area (Å²) < 4.78 is 5.47. The van der Waals surface area contributed by atoms with Crippen LogP contribution in [0.25, 0.3) is 0 Å². The van der Waals surface area contributed by atoms with Crippen LogP contribution in [-0.4, -0.2) is 48.3 Å². The molecule has 0 amide bonds. The molecule has 0 spiro atoms. The normalized spacial score (nSPS) is 17.6. The minimum atomic E-state index is 0.109. The Bertz CT molecular complexity index is 515. The summed E-state index contributed by atoms with van der Waals surface area (Å²) in [5.74, 6) is 9.46. The molecule has 0 aromatic heterocycles. The average molecular weight is 305 g/mol. The molecule has 0 radical (unpaired) electrons. The summed E-state index contributed by atoms with van der Waals surface area (Å²) in [6, 6.07) is 6.71. The Morgan fingerprint density at radius 1 is 1.48 bits per heavy atom. The standard InChI is InChI=1S/C17H23NO2S/c1-18(16-8-10-21-13-16)12-15-11-14(5-3-4-9-19)6-7-17(15)20-2/h6-7,11,16,19H,4,8-10,12-13H2,1-2H3. The van der Waals surface area contributed by atoms with Crippen LogP contribution in [0.1, 0.15) is 24.0 Å². The zero-order valence-corrected chi connectivity index (χ0v) is 13.6. The maximum absolute atomic E-state index is 8.79. The monoisotopic (exact) mass is 305 g/mol. The molecule has 1 fully saturated rings. The highest BCUT2D eigenvalue weighted by atomic mass is 32.2. The Kier molecular flexibility index (Phi) is 6.44. The average Bonchev–Trinajstić information content (AvgIpc) is 3.02. The second-order valence-corrected chi connectivity index (χ2v) is 6.38. The van der Waals surface area contributed by atoms with E-state index in [0.29, 0.717) is 12.5 Å². The van der Waals surface area contributed by atoms with Gasteiger partial charge in [-0.3, -0.25) is 4.90 Å². The summed E-state index contributed by atoms with van der Waals surface area (Å²) in [7, 11) is 3.89. The van der Waals surface area contributed by atoms with E-state index in [1.807, 2.05) is 23.9 Å². The van der Waals surface area contributed by atoms with Crippen molar-refractivity contribution in [1.82, 2.24) is 4.90 Å². The lowest BCUT2D eigenvalue weighted by atomic mass is 10.1. The zero-order chi connectivity index (χ0) is 15.1. The smallest absolute Gasteiger partial charge is 0.123 e. The molecule has 2 rings (SSSR count). The molecule has 21 heavy (non-hydrogen) atoms. The van der Waals surface area contributed by atoms with Crippen molar-refractivity contribution in [1.29, 1.82) is 0 Å². The van der Waals surface area contributed by atoms with Gasteiger partial charge in [0.05, 0.1) is 13.7 Å². The number of aliphatic hydroxyl groups excluding tert-OH is 1. The quantitative estimate of drug-likeness (QED) is 0.847. The Balaban J connectivity index is 2.11. The van der Waals surface area contributed by atoms with E-state index in [9.17, 15) is 0 Å². The SMILES string of the molecule is COc1ccc(C#CCCO)cc1CN(C)C1CCSC1. The number of hydrogen-bond donors (Lipinski definition) is 1. The molecular formula is C17H23NO2S. The van der Waals surface area contributed by atoms with Crippen LogP contribution in [0.4, 0.5) is 0 Å². The Hall–Kier alpha value is -1.15. The van der Waals surface area contributed by atoms with E-state index in [1.54, 1.807) is 7.11 Å². The van der Waals surface area contributed by atoms with Gasteiger partial charge >= 0.3 is 0 Å². The van der Waals surface area contributed by atoms with Gasteiger partial charge < -0.3 is 9.84 Å². The molecule has 1 aliphatic heterocycles. The van der Waals surface area contributed by atoms with Gasteiger partial charge in [0, 0.05) is 35.9 Å². The predicted molar refractivity (Wildman–Crippen MR) is 88.8 cm³/mol. The molecule has 3 nitrogen and oxygen atoms in total. The minimum absolute atomic E-state index is 0.109. The maximum atomic E-state index is 8.79. The fraction of sp³-hybridized carbons (Fsp3) is 0.529. The predicted octanol–water partition coefficient (Wildman–Crippen LogP) is 2.37. The molecule has 1 aliphatic rings. The van der Waals surface area contributed by atoms with Crippen LogP contribution in [0.3, 0.4) is 0 Å². The highest BCUT2D eigenvalue weighted by Gasteiger charge is 2.20. The third-order valence-corrected chi connectivity index (χ3v) is 4.84. The Labute approximate surface area is 131 Å². The molecule has 1 saturated heterocycles. The summed E-state index contributed by atoms with van der Waals surface area (Å²) in [6.45, 7) is 0.988. The van der Waals surface area contributed by atoms with Crippen LogP contribution in [0.2, 0.25) is 0 Å². The van der Waals surface area contributed by atoms with Gasteiger partial charge in [-0.15, -0.1) is 0 Å². The topological polar surface area (TPSA) is 32.7 Å². The molecule has 114 valence electrons. The Morgan fingerprint density at radius 2 is 2.33 bits per heavy atom. The van der Waals surface area contributed by atoms with Gasteiger partial charge in [0.2, 0.25) is 0 Å². The first-order valence-electron chi connectivity index (χ1n) is 7.29. The molecule has 4 heteroatoms.